The van der Waals surface area contributed by atoms with Crippen molar-refractivity contribution in [1.82, 2.24) is 19.3 Å². The van der Waals surface area contributed by atoms with E-state index in [1.54, 1.807) is 41.1 Å². The van der Waals surface area contributed by atoms with E-state index < -0.39 is 0 Å². The third-order valence-corrected chi connectivity index (χ3v) is 4.25. The van der Waals surface area contributed by atoms with Crippen LogP contribution in [0, 0.1) is 0 Å². The second-order valence-corrected chi connectivity index (χ2v) is 6.30. The molecule has 2 aromatic heterocycles. The van der Waals surface area contributed by atoms with Gasteiger partial charge >= 0.3 is 0 Å². The molecule has 0 saturated heterocycles. The van der Waals surface area contributed by atoms with Crippen molar-refractivity contribution in [3.63, 3.8) is 0 Å². The Morgan fingerprint density at radius 1 is 1.07 bits per heavy atom. The van der Waals surface area contributed by atoms with Crippen molar-refractivity contribution in [3.05, 3.63) is 82.5 Å². The van der Waals surface area contributed by atoms with Crippen LogP contribution in [-0.2, 0) is 11.3 Å². The lowest BCUT2D eigenvalue weighted by Gasteiger charge is -2.07. The molecule has 4 aromatic rings. The van der Waals surface area contributed by atoms with Gasteiger partial charge in [-0.25, -0.2) is 9.67 Å². The van der Waals surface area contributed by atoms with Gasteiger partial charge in [0, 0.05) is 10.7 Å². The summed E-state index contributed by atoms with van der Waals surface area (Å²) >= 11 is 5.91. The maximum absolute atomic E-state index is 12.7. The number of carbonyl (C=O) groups is 1. The standard InChI is InChI=1S/C19H14ClN5O2/c20-13-6-8-15(9-7-13)25-18-16(10-22-25)19(27)24(12-21-18)11-17(26)23-14-4-2-1-3-5-14/h1-10,12H,11H2,(H,23,26). The van der Waals surface area contributed by atoms with Crippen molar-refractivity contribution in [2.75, 3.05) is 5.32 Å². The van der Waals surface area contributed by atoms with Crippen LogP contribution < -0.4 is 10.9 Å². The van der Waals surface area contributed by atoms with Crippen LogP contribution in [-0.4, -0.2) is 25.2 Å². The van der Waals surface area contributed by atoms with Gasteiger partial charge in [0.25, 0.3) is 5.56 Å². The molecule has 0 unspecified atom stereocenters. The molecule has 2 heterocycles. The van der Waals surface area contributed by atoms with Crippen LogP contribution in [0.4, 0.5) is 5.69 Å². The van der Waals surface area contributed by atoms with Crippen LogP contribution in [0.15, 0.2) is 71.9 Å². The second kappa shape index (κ2) is 7.05. The fraction of sp³-hybridized carbons (Fsp3) is 0.0526. The number of hydrogen-bond donors (Lipinski definition) is 1. The molecular formula is C19H14ClN5O2. The first-order valence-corrected chi connectivity index (χ1v) is 8.53. The Morgan fingerprint density at radius 3 is 2.56 bits per heavy atom. The van der Waals surface area contributed by atoms with Crippen molar-refractivity contribution < 1.29 is 4.79 Å². The van der Waals surface area contributed by atoms with E-state index in [9.17, 15) is 9.59 Å². The van der Waals surface area contributed by atoms with Crippen molar-refractivity contribution in [2.24, 2.45) is 0 Å². The first-order valence-electron chi connectivity index (χ1n) is 8.16. The molecule has 8 heteroatoms. The molecular weight excluding hydrogens is 366 g/mol. The van der Waals surface area contributed by atoms with Crippen LogP contribution in [0.25, 0.3) is 16.7 Å². The summed E-state index contributed by atoms with van der Waals surface area (Å²) < 4.78 is 2.82. The lowest BCUT2D eigenvalue weighted by Crippen LogP contribution is -2.27. The number of halogens is 1. The lowest BCUT2D eigenvalue weighted by atomic mass is 10.3. The van der Waals surface area contributed by atoms with Gasteiger partial charge in [0.05, 0.1) is 11.9 Å². The summed E-state index contributed by atoms with van der Waals surface area (Å²) in [5.41, 5.74) is 1.49. The predicted octanol–water partition coefficient (Wildman–Crippen LogP) is 2.87. The first-order chi connectivity index (χ1) is 13.1. The van der Waals surface area contributed by atoms with Gasteiger partial charge in [-0.2, -0.15) is 5.10 Å². The fourth-order valence-corrected chi connectivity index (χ4v) is 2.84. The van der Waals surface area contributed by atoms with Gasteiger partial charge in [-0.05, 0) is 36.4 Å². The first kappa shape index (κ1) is 17.0. The van der Waals surface area contributed by atoms with Crippen LogP contribution in [0.2, 0.25) is 5.02 Å². The largest absolute Gasteiger partial charge is 0.325 e. The predicted molar refractivity (Wildman–Crippen MR) is 103 cm³/mol. The molecule has 1 N–H and O–H groups in total. The van der Waals surface area contributed by atoms with E-state index >= 15 is 0 Å². The summed E-state index contributed by atoms with van der Waals surface area (Å²) in [7, 11) is 0. The lowest BCUT2D eigenvalue weighted by molar-refractivity contribution is -0.116. The normalized spacial score (nSPS) is 10.9. The Kier molecular flexibility index (Phi) is 4.43. The van der Waals surface area contributed by atoms with Gasteiger partial charge in [0.2, 0.25) is 5.91 Å². The van der Waals surface area contributed by atoms with E-state index in [4.69, 9.17) is 11.6 Å². The average molecular weight is 380 g/mol. The minimum Gasteiger partial charge on any atom is -0.325 e. The maximum atomic E-state index is 12.7. The molecule has 0 saturated carbocycles. The number of carbonyl (C=O) groups excluding carboxylic acids is 1. The van der Waals surface area contributed by atoms with Crippen LogP contribution in [0.3, 0.4) is 0 Å². The highest BCUT2D eigenvalue weighted by atomic mass is 35.5. The van der Waals surface area contributed by atoms with E-state index in [1.807, 2.05) is 18.2 Å². The molecule has 0 atom stereocenters. The van der Waals surface area contributed by atoms with E-state index in [1.165, 1.54) is 17.1 Å². The monoisotopic (exact) mass is 379 g/mol. The second-order valence-electron chi connectivity index (χ2n) is 5.86. The molecule has 27 heavy (non-hydrogen) atoms. The molecule has 0 aliphatic carbocycles. The van der Waals surface area contributed by atoms with Crippen LogP contribution in [0.1, 0.15) is 0 Å². The number of benzene rings is 2. The number of aromatic nitrogens is 4. The summed E-state index contributed by atoms with van der Waals surface area (Å²) in [5.74, 6) is -0.311. The number of rotatable bonds is 4. The number of nitrogens with one attached hydrogen (secondary N) is 1. The number of anilines is 1. The molecule has 0 spiro atoms. The number of nitrogens with zero attached hydrogens (tertiary/aromatic N) is 4. The SMILES string of the molecule is O=C(Cn1cnc2c(cnn2-c2ccc(Cl)cc2)c1=O)Nc1ccccc1. The van der Waals surface area contributed by atoms with Crippen LogP contribution in [0.5, 0.6) is 0 Å². The Hall–Kier alpha value is -3.45. The van der Waals surface area contributed by atoms with Crippen LogP contribution >= 0.6 is 11.6 Å². The molecule has 1 amide bonds. The summed E-state index contributed by atoms with van der Waals surface area (Å²) in [6.45, 7) is -0.136. The highest BCUT2D eigenvalue weighted by molar-refractivity contribution is 6.30. The molecule has 7 nitrogen and oxygen atoms in total. The molecule has 0 aliphatic heterocycles. The van der Waals surface area contributed by atoms with E-state index in [2.05, 4.69) is 15.4 Å². The molecule has 0 aliphatic rings. The minimum atomic E-state index is -0.330. The summed E-state index contributed by atoms with van der Waals surface area (Å²) in [5, 5.41) is 7.92. The zero-order valence-electron chi connectivity index (χ0n) is 14.0. The number of amides is 1. The van der Waals surface area contributed by atoms with Gasteiger partial charge in [0.15, 0.2) is 5.65 Å². The Balaban J connectivity index is 1.62. The van der Waals surface area contributed by atoms with Crippen molar-refractivity contribution >= 4 is 34.2 Å². The fourth-order valence-electron chi connectivity index (χ4n) is 2.71. The Labute approximate surface area is 158 Å². The van der Waals surface area contributed by atoms with Crippen molar-refractivity contribution in [3.8, 4) is 5.69 Å². The van der Waals surface area contributed by atoms with Gasteiger partial charge in [0.1, 0.15) is 18.3 Å². The molecule has 2 aromatic carbocycles. The molecule has 0 fully saturated rings. The summed E-state index contributed by atoms with van der Waals surface area (Å²) in [6.07, 6.45) is 2.80. The zero-order valence-corrected chi connectivity index (χ0v) is 14.8. The Bertz CT molecular complexity index is 1170. The van der Waals surface area contributed by atoms with Crippen molar-refractivity contribution in [2.45, 2.75) is 6.54 Å². The minimum absolute atomic E-state index is 0.136. The third-order valence-electron chi connectivity index (χ3n) is 4.00. The van der Waals surface area contributed by atoms with E-state index in [0.717, 1.165) is 5.69 Å². The maximum Gasteiger partial charge on any atom is 0.264 e. The topological polar surface area (TPSA) is 81.8 Å². The third kappa shape index (κ3) is 3.45. The number of fused-ring (bicyclic) bond motifs is 1. The highest BCUT2D eigenvalue weighted by Crippen LogP contribution is 2.16. The van der Waals surface area contributed by atoms with Gasteiger partial charge in [-0.1, -0.05) is 29.8 Å². The van der Waals surface area contributed by atoms with E-state index in [-0.39, 0.29) is 18.0 Å². The molecule has 0 bridgehead atoms. The number of para-hydroxylation sites is 1. The smallest absolute Gasteiger partial charge is 0.264 e. The molecule has 134 valence electrons. The van der Waals surface area contributed by atoms with Crippen molar-refractivity contribution in [1.29, 1.82) is 0 Å². The van der Waals surface area contributed by atoms with Gasteiger partial charge < -0.3 is 5.32 Å². The zero-order chi connectivity index (χ0) is 18.8. The summed E-state index contributed by atoms with van der Waals surface area (Å²) in [6, 6.07) is 16.1. The average Bonchev–Trinajstić information content (AvgIpc) is 3.10. The Morgan fingerprint density at radius 2 is 1.81 bits per heavy atom. The van der Waals surface area contributed by atoms with Gasteiger partial charge in [-0.3, -0.25) is 14.2 Å². The molecule has 4 rings (SSSR count). The number of hydrogen-bond acceptors (Lipinski definition) is 4. The summed E-state index contributed by atoms with van der Waals surface area (Å²) in [4.78, 5) is 29.2. The van der Waals surface area contributed by atoms with E-state index in [0.29, 0.717) is 21.7 Å². The van der Waals surface area contributed by atoms with Gasteiger partial charge in [-0.15, -0.1) is 0 Å². The molecule has 0 radical (unpaired) electrons. The quantitative estimate of drug-likeness (QED) is 0.591. The highest BCUT2D eigenvalue weighted by Gasteiger charge is 2.13.